The lowest BCUT2D eigenvalue weighted by molar-refractivity contribution is 0.439. The summed E-state index contributed by atoms with van der Waals surface area (Å²) in [5, 5.41) is 0.0475. The number of hydrogen-bond acceptors (Lipinski definition) is 7. The molecule has 0 saturated heterocycles. The number of aryl methyl sites for hydroxylation is 1. The molecule has 0 aliphatic carbocycles. The first-order valence-corrected chi connectivity index (χ1v) is 11.1. The van der Waals surface area contributed by atoms with Crippen LogP contribution in [-0.4, -0.2) is 55.3 Å². The lowest BCUT2D eigenvalue weighted by Gasteiger charge is -2.24. The number of hydrogen-bond donors (Lipinski definition) is 2. The summed E-state index contributed by atoms with van der Waals surface area (Å²) in [6.07, 6.45) is 6.94. The monoisotopic (exact) mass is 436 g/mol. The van der Waals surface area contributed by atoms with Crippen LogP contribution in [0, 0.1) is 0 Å². The summed E-state index contributed by atoms with van der Waals surface area (Å²) in [6.45, 7) is 0.567. The zero-order valence-electron chi connectivity index (χ0n) is 16.7. The Hall–Kier alpha value is -3.57. The van der Waals surface area contributed by atoms with Crippen LogP contribution >= 0.6 is 0 Å². The van der Waals surface area contributed by atoms with E-state index in [0.717, 1.165) is 16.6 Å². The van der Waals surface area contributed by atoms with Crippen molar-refractivity contribution in [3.63, 3.8) is 0 Å². The van der Waals surface area contributed by atoms with E-state index in [2.05, 4.69) is 24.9 Å². The fourth-order valence-electron chi connectivity index (χ4n) is 3.55. The molecule has 31 heavy (non-hydrogen) atoms. The Bertz CT molecular complexity index is 1390. The molecule has 3 N–H and O–H groups in total. The molecule has 10 nitrogen and oxygen atoms in total. The third-order valence-corrected chi connectivity index (χ3v) is 6.95. The fraction of sp³-hybridized carbons (Fsp3) is 0.200. The summed E-state index contributed by atoms with van der Waals surface area (Å²) in [4.78, 5) is 20.7. The van der Waals surface area contributed by atoms with Crippen molar-refractivity contribution < 1.29 is 8.42 Å². The zero-order valence-corrected chi connectivity index (χ0v) is 17.5. The van der Waals surface area contributed by atoms with Crippen molar-refractivity contribution in [1.29, 1.82) is 0 Å². The summed E-state index contributed by atoms with van der Waals surface area (Å²) in [5.74, 6) is 0.822. The number of fused-ring (bicyclic) bond motifs is 1. The molecule has 1 aliphatic heterocycles. The van der Waals surface area contributed by atoms with Gasteiger partial charge in [0.25, 0.3) is 10.0 Å². The Morgan fingerprint density at radius 3 is 2.71 bits per heavy atom. The van der Waals surface area contributed by atoms with Crippen LogP contribution in [0.5, 0.6) is 0 Å². The molecule has 158 valence electrons. The second kappa shape index (κ2) is 7.29. The number of aromatic nitrogens is 6. The smallest absolute Gasteiger partial charge is 0.262 e. The van der Waals surface area contributed by atoms with Crippen LogP contribution < -0.4 is 5.73 Å². The van der Waals surface area contributed by atoms with Gasteiger partial charge in [0.1, 0.15) is 5.69 Å². The van der Waals surface area contributed by atoms with Crippen molar-refractivity contribution >= 4 is 32.4 Å². The van der Waals surface area contributed by atoms with E-state index in [0.29, 0.717) is 30.2 Å². The number of nitrogens with two attached hydrogens (primary N) is 1. The molecule has 5 rings (SSSR count). The molecule has 0 unspecified atom stereocenters. The van der Waals surface area contributed by atoms with E-state index >= 15 is 0 Å². The van der Waals surface area contributed by atoms with Crippen molar-refractivity contribution in [1.82, 2.24) is 33.8 Å². The average Bonchev–Trinajstić information content (AvgIpc) is 3.41. The molecule has 0 amide bonds. The topological polar surface area (TPSA) is 136 Å². The molecule has 11 heteroatoms. The molecule has 1 aliphatic rings. The second-order valence-electron chi connectivity index (χ2n) is 7.31. The van der Waals surface area contributed by atoms with Crippen molar-refractivity contribution in [2.75, 3.05) is 18.8 Å². The van der Waals surface area contributed by atoms with Crippen LogP contribution in [-0.2, 0) is 17.1 Å². The third-order valence-electron chi connectivity index (χ3n) is 5.20. The molecule has 3 aromatic heterocycles. The highest BCUT2D eigenvalue weighted by atomic mass is 32.2. The Morgan fingerprint density at radius 2 is 2.00 bits per heavy atom. The predicted octanol–water partition coefficient (Wildman–Crippen LogP) is 1.81. The van der Waals surface area contributed by atoms with Crippen LogP contribution in [0.15, 0.2) is 54.1 Å². The first-order chi connectivity index (χ1) is 14.9. The van der Waals surface area contributed by atoms with Gasteiger partial charge in [-0.2, -0.15) is 4.31 Å². The van der Waals surface area contributed by atoms with Gasteiger partial charge in [0, 0.05) is 26.3 Å². The standard InChI is InChI=1S/C20H20N8O2S/c1-27-11-17(23-12-27)31(29,30)28-8-6-13(7-9-28)16-10-22-19(21)18(24-16)20-25-14-4-2-3-5-15(14)26-20/h2-6,10-12H,7-9H2,1H3,(H2,21,22)(H,25,26). The van der Waals surface area contributed by atoms with E-state index in [1.54, 1.807) is 17.8 Å². The lowest BCUT2D eigenvalue weighted by atomic mass is 10.1. The second-order valence-corrected chi connectivity index (χ2v) is 9.20. The first kappa shape index (κ1) is 19.4. The van der Waals surface area contributed by atoms with Gasteiger partial charge in [-0.1, -0.05) is 18.2 Å². The minimum absolute atomic E-state index is 0.0475. The number of aromatic amines is 1. The van der Waals surface area contributed by atoms with Crippen molar-refractivity contribution in [2.24, 2.45) is 7.05 Å². The number of H-pyrrole nitrogens is 1. The largest absolute Gasteiger partial charge is 0.382 e. The van der Waals surface area contributed by atoms with E-state index in [-0.39, 0.29) is 17.4 Å². The van der Waals surface area contributed by atoms with Crippen LogP contribution in [0.4, 0.5) is 5.82 Å². The van der Waals surface area contributed by atoms with Crippen molar-refractivity contribution in [2.45, 2.75) is 11.4 Å². The molecule has 0 radical (unpaired) electrons. The Balaban J connectivity index is 1.43. The lowest BCUT2D eigenvalue weighted by Crippen LogP contribution is -2.35. The van der Waals surface area contributed by atoms with Crippen molar-refractivity contribution in [3.05, 3.63) is 54.8 Å². The molecule has 0 saturated carbocycles. The summed E-state index contributed by atoms with van der Waals surface area (Å²) < 4.78 is 28.6. The predicted molar refractivity (Wildman–Crippen MR) is 116 cm³/mol. The highest BCUT2D eigenvalue weighted by Crippen LogP contribution is 2.28. The van der Waals surface area contributed by atoms with E-state index < -0.39 is 10.0 Å². The molecule has 0 atom stereocenters. The molecule has 0 fully saturated rings. The Labute approximate surface area is 178 Å². The molecule has 0 bridgehead atoms. The number of para-hydroxylation sites is 2. The average molecular weight is 437 g/mol. The van der Waals surface area contributed by atoms with Crippen LogP contribution in [0.3, 0.4) is 0 Å². The highest BCUT2D eigenvalue weighted by Gasteiger charge is 2.28. The number of nitrogens with zero attached hydrogens (tertiary/aromatic N) is 6. The number of imidazole rings is 2. The molecule has 4 heterocycles. The van der Waals surface area contributed by atoms with Gasteiger partial charge in [0.05, 0.1) is 29.3 Å². The highest BCUT2D eigenvalue weighted by molar-refractivity contribution is 7.89. The van der Waals surface area contributed by atoms with E-state index in [1.807, 2.05) is 30.3 Å². The number of anilines is 1. The first-order valence-electron chi connectivity index (χ1n) is 9.67. The van der Waals surface area contributed by atoms with E-state index in [9.17, 15) is 8.42 Å². The van der Waals surface area contributed by atoms with Gasteiger partial charge in [-0.25, -0.2) is 28.4 Å². The van der Waals surface area contributed by atoms with Crippen LogP contribution in [0.25, 0.3) is 28.1 Å². The minimum Gasteiger partial charge on any atom is -0.382 e. The molecular weight excluding hydrogens is 416 g/mol. The molecular formula is C20H20N8O2S. The SMILES string of the molecule is Cn1cnc(S(=O)(=O)N2CC=C(c3cnc(N)c(-c4nc5ccccc5[nH]4)n3)CC2)c1. The normalized spacial score (nSPS) is 15.3. The summed E-state index contributed by atoms with van der Waals surface area (Å²) in [6, 6.07) is 7.67. The number of rotatable bonds is 4. The van der Waals surface area contributed by atoms with Gasteiger partial charge in [-0.3, -0.25) is 0 Å². The maximum atomic E-state index is 12.8. The minimum atomic E-state index is -3.63. The number of benzene rings is 1. The summed E-state index contributed by atoms with van der Waals surface area (Å²) in [7, 11) is -1.90. The molecule has 1 aromatic carbocycles. The van der Waals surface area contributed by atoms with Gasteiger partial charge in [0.2, 0.25) is 0 Å². The molecule has 4 aromatic rings. The van der Waals surface area contributed by atoms with Gasteiger partial charge < -0.3 is 15.3 Å². The van der Waals surface area contributed by atoms with Gasteiger partial charge in [-0.15, -0.1) is 0 Å². The van der Waals surface area contributed by atoms with Crippen LogP contribution in [0.2, 0.25) is 0 Å². The fourth-order valence-corrected chi connectivity index (χ4v) is 4.89. The van der Waals surface area contributed by atoms with Gasteiger partial charge in [0.15, 0.2) is 16.7 Å². The number of nitrogens with one attached hydrogen (secondary N) is 1. The summed E-state index contributed by atoms with van der Waals surface area (Å²) in [5.41, 5.74) is 9.81. The maximum absolute atomic E-state index is 12.8. The van der Waals surface area contributed by atoms with Gasteiger partial charge in [-0.05, 0) is 24.1 Å². The zero-order chi connectivity index (χ0) is 21.6. The quantitative estimate of drug-likeness (QED) is 0.498. The Kier molecular flexibility index (Phi) is 4.56. The van der Waals surface area contributed by atoms with E-state index in [1.165, 1.54) is 16.8 Å². The van der Waals surface area contributed by atoms with Crippen molar-refractivity contribution in [3.8, 4) is 11.5 Å². The Morgan fingerprint density at radius 1 is 1.16 bits per heavy atom. The maximum Gasteiger partial charge on any atom is 0.262 e. The third kappa shape index (κ3) is 3.47. The number of nitrogen functional groups attached to an aromatic ring is 1. The molecule has 0 spiro atoms. The van der Waals surface area contributed by atoms with Gasteiger partial charge >= 0.3 is 0 Å². The summed E-state index contributed by atoms with van der Waals surface area (Å²) >= 11 is 0. The van der Waals surface area contributed by atoms with E-state index in [4.69, 9.17) is 5.73 Å². The van der Waals surface area contributed by atoms with Crippen LogP contribution in [0.1, 0.15) is 12.1 Å². The number of sulfonamides is 1.